The average Bonchev–Trinajstić information content (AvgIpc) is 3.35. The van der Waals surface area contributed by atoms with Crippen LogP contribution in [0.15, 0.2) is 54.7 Å². The maximum atomic E-state index is 12.6. The standard InChI is InChI=1S/C23H24N4O4/c1-31-18-6-2-15(3-7-18)11-13-27-22(29)19(26-23(27)30)8-9-21(28)25-17-5-4-16-10-12-24-20(16)14-17/h2-7,10,12,14,19,24H,8-9,11,13H2,1H3,(H,25,28)(H,26,30)/t19-/m1/s1. The minimum absolute atomic E-state index is 0.131. The molecule has 160 valence electrons. The van der Waals surface area contributed by atoms with Crippen molar-refractivity contribution in [2.75, 3.05) is 19.0 Å². The number of carbonyl (C=O) groups excluding carboxylic acids is 3. The number of benzene rings is 2. The van der Waals surface area contributed by atoms with Crippen LogP contribution in [0.2, 0.25) is 0 Å². The van der Waals surface area contributed by atoms with E-state index in [1.807, 2.05) is 54.7 Å². The van der Waals surface area contributed by atoms with Crippen LogP contribution in [0.3, 0.4) is 0 Å². The van der Waals surface area contributed by atoms with E-state index in [-0.39, 0.29) is 31.2 Å². The van der Waals surface area contributed by atoms with Gasteiger partial charge in [-0.25, -0.2) is 4.79 Å². The number of H-pyrrole nitrogens is 1. The van der Waals surface area contributed by atoms with E-state index in [1.165, 1.54) is 4.90 Å². The third-order valence-electron chi connectivity index (χ3n) is 5.39. The molecule has 0 unspecified atom stereocenters. The van der Waals surface area contributed by atoms with Gasteiger partial charge >= 0.3 is 6.03 Å². The molecular weight excluding hydrogens is 396 g/mol. The Morgan fingerprint density at radius 1 is 1.13 bits per heavy atom. The van der Waals surface area contributed by atoms with Gasteiger partial charge in [0.15, 0.2) is 0 Å². The van der Waals surface area contributed by atoms with E-state index in [4.69, 9.17) is 4.74 Å². The smallest absolute Gasteiger partial charge is 0.324 e. The molecule has 4 amide bonds. The Balaban J connectivity index is 1.27. The van der Waals surface area contributed by atoms with Gasteiger partial charge in [-0.05, 0) is 54.1 Å². The number of methoxy groups -OCH3 is 1. The Bertz CT molecular complexity index is 1110. The summed E-state index contributed by atoms with van der Waals surface area (Å²) in [7, 11) is 1.60. The minimum Gasteiger partial charge on any atom is -0.497 e. The normalized spacial score (nSPS) is 15.9. The maximum absolute atomic E-state index is 12.6. The number of fused-ring (bicyclic) bond motifs is 1. The van der Waals surface area contributed by atoms with E-state index in [1.54, 1.807) is 7.11 Å². The molecule has 1 aliphatic rings. The van der Waals surface area contributed by atoms with Crippen molar-refractivity contribution in [1.82, 2.24) is 15.2 Å². The van der Waals surface area contributed by atoms with Gasteiger partial charge in [0.25, 0.3) is 5.91 Å². The first-order valence-corrected chi connectivity index (χ1v) is 10.2. The number of imide groups is 1. The van der Waals surface area contributed by atoms with Crippen LogP contribution in [-0.4, -0.2) is 47.4 Å². The van der Waals surface area contributed by atoms with Crippen molar-refractivity contribution in [2.45, 2.75) is 25.3 Å². The zero-order valence-electron chi connectivity index (χ0n) is 17.2. The number of rotatable bonds is 8. The number of ether oxygens (including phenoxy) is 1. The van der Waals surface area contributed by atoms with Crippen molar-refractivity contribution >= 4 is 34.4 Å². The molecule has 0 bridgehead atoms. The molecule has 0 spiro atoms. The SMILES string of the molecule is COc1ccc(CCN2C(=O)N[C@H](CCC(=O)Nc3ccc4cc[nH]c4c3)C2=O)cc1. The van der Waals surface area contributed by atoms with E-state index >= 15 is 0 Å². The highest BCUT2D eigenvalue weighted by molar-refractivity contribution is 6.04. The molecule has 8 heteroatoms. The number of nitrogens with zero attached hydrogens (tertiary/aromatic N) is 1. The number of anilines is 1. The van der Waals surface area contributed by atoms with E-state index in [0.29, 0.717) is 12.1 Å². The van der Waals surface area contributed by atoms with E-state index < -0.39 is 12.1 Å². The molecule has 1 atom stereocenters. The number of hydrogen-bond acceptors (Lipinski definition) is 4. The second kappa shape index (κ2) is 8.91. The van der Waals surface area contributed by atoms with Gasteiger partial charge in [0, 0.05) is 30.4 Å². The first-order chi connectivity index (χ1) is 15.0. The Labute approximate surface area is 179 Å². The quantitative estimate of drug-likeness (QED) is 0.487. The Morgan fingerprint density at radius 2 is 1.94 bits per heavy atom. The van der Waals surface area contributed by atoms with Gasteiger partial charge in [0.1, 0.15) is 11.8 Å². The lowest BCUT2D eigenvalue weighted by Crippen LogP contribution is -2.33. The van der Waals surface area contributed by atoms with Crippen LogP contribution < -0.4 is 15.4 Å². The molecule has 3 N–H and O–H groups in total. The fourth-order valence-corrected chi connectivity index (χ4v) is 3.64. The largest absolute Gasteiger partial charge is 0.497 e. The summed E-state index contributed by atoms with van der Waals surface area (Å²) in [6.07, 6.45) is 2.77. The van der Waals surface area contributed by atoms with Crippen LogP contribution in [-0.2, 0) is 16.0 Å². The van der Waals surface area contributed by atoms with E-state index in [0.717, 1.165) is 22.2 Å². The molecule has 0 aliphatic carbocycles. The first-order valence-electron chi connectivity index (χ1n) is 10.2. The van der Waals surface area contributed by atoms with E-state index in [2.05, 4.69) is 15.6 Å². The predicted molar refractivity (Wildman–Crippen MR) is 117 cm³/mol. The third kappa shape index (κ3) is 4.69. The zero-order valence-corrected chi connectivity index (χ0v) is 17.2. The monoisotopic (exact) mass is 420 g/mol. The van der Waals surface area contributed by atoms with Crippen molar-refractivity contribution in [3.05, 3.63) is 60.3 Å². The molecular formula is C23H24N4O4. The van der Waals surface area contributed by atoms with Crippen LogP contribution in [0, 0.1) is 0 Å². The summed E-state index contributed by atoms with van der Waals surface area (Å²) in [5.41, 5.74) is 2.62. The lowest BCUT2D eigenvalue weighted by Gasteiger charge is -2.13. The van der Waals surface area contributed by atoms with Crippen LogP contribution in [0.4, 0.5) is 10.5 Å². The summed E-state index contributed by atoms with van der Waals surface area (Å²) in [5, 5.41) is 6.58. The Hall–Kier alpha value is -3.81. The zero-order chi connectivity index (χ0) is 21.8. The number of carbonyl (C=O) groups is 3. The minimum atomic E-state index is -0.681. The molecule has 31 heavy (non-hydrogen) atoms. The highest BCUT2D eigenvalue weighted by atomic mass is 16.5. The molecule has 1 aliphatic heterocycles. The molecule has 0 saturated carbocycles. The van der Waals surface area contributed by atoms with Gasteiger partial charge in [-0.15, -0.1) is 0 Å². The number of nitrogens with one attached hydrogen (secondary N) is 3. The Morgan fingerprint density at radius 3 is 2.71 bits per heavy atom. The van der Waals surface area contributed by atoms with Gasteiger partial charge in [-0.2, -0.15) is 0 Å². The number of amides is 4. The summed E-state index contributed by atoms with van der Waals surface area (Å²) in [6.45, 7) is 0.288. The molecule has 3 aromatic rings. The fourth-order valence-electron chi connectivity index (χ4n) is 3.64. The molecule has 2 heterocycles. The van der Waals surface area contributed by atoms with Crippen LogP contribution >= 0.6 is 0 Å². The topological polar surface area (TPSA) is 104 Å². The predicted octanol–water partition coefficient (Wildman–Crippen LogP) is 3.06. The summed E-state index contributed by atoms with van der Waals surface area (Å²) in [6, 6.07) is 14.0. The number of urea groups is 1. The van der Waals surface area contributed by atoms with Crippen LogP contribution in [0.25, 0.3) is 10.9 Å². The molecule has 1 fully saturated rings. The fraction of sp³-hybridized carbons (Fsp3) is 0.261. The highest BCUT2D eigenvalue weighted by Gasteiger charge is 2.37. The van der Waals surface area contributed by atoms with Crippen molar-refractivity contribution in [2.24, 2.45) is 0 Å². The number of aromatic amines is 1. The summed E-state index contributed by atoms with van der Waals surface area (Å²) in [4.78, 5) is 41.5. The van der Waals surface area contributed by atoms with Crippen LogP contribution in [0.5, 0.6) is 5.75 Å². The van der Waals surface area contributed by atoms with Gasteiger partial charge in [0.2, 0.25) is 5.91 Å². The van der Waals surface area contributed by atoms with Crippen molar-refractivity contribution in [1.29, 1.82) is 0 Å². The van der Waals surface area contributed by atoms with E-state index in [9.17, 15) is 14.4 Å². The molecule has 1 saturated heterocycles. The molecule has 0 radical (unpaired) electrons. The first kappa shape index (κ1) is 20.5. The van der Waals surface area contributed by atoms with Gasteiger partial charge in [0.05, 0.1) is 7.11 Å². The van der Waals surface area contributed by atoms with Crippen molar-refractivity contribution in [3.8, 4) is 5.75 Å². The summed E-state index contributed by atoms with van der Waals surface area (Å²) < 4.78 is 5.13. The van der Waals surface area contributed by atoms with Crippen LogP contribution in [0.1, 0.15) is 18.4 Å². The molecule has 4 rings (SSSR count). The van der Waals surface area contributed by atoms with Gasteiger partial charge in [-0.3, -0.25) is 14.5 Å². The summed E-state index contributed by atoms with van der Waals surface area (Å²) in [5.74, 6) is 0.258. The lowest BCUT2D eigenvalue weighted by molar-refractivity contribution is -0.127. The third-order valence-corrected chi connectivity index (χ3v) is 5.39. The summed E-state index contributed by atoms with van der Waals surface area (Å²) >= 11 is 0. The Kier molecular flexibility index (Phi) is 5.88. The molecule has 1 aromatic heterocycles. The second-order valence-corrected chi connectivity index (χ2v) is 7.46. The maximum Gasteiger partial charge on any atom is 0.324 e. The van der Waals surface area contributed by atoms with Crippen molar-refractivity contribution < 1.29 is 19.1 Å². The second-order valence-electron chi connectivity index (χ2n) is 7.46. The van der Waals surface area contributed by atoms with Gasteiger partial charge in [-0.1, -0.05) is 18.2 Å². The number of hydrogen-bond donors (Lipinski definition) is 3. The number of aromatic nitrogens is 1. The molecule has 2 aromatic carbocycles. The average molecular weight is 420 g/mol. The van der Waals surface area contributed by atoms with Crippen molar-refractivity contribution in [3.63, 3.8) is 0 Å². The lowest BCUT2D eigenvalue weighted by atomic mass is 10.1. The highest BCUT2D eigenvalue weighted by Crippen LogP contribution is 2.19. The van der Waals surface area contributed by atoms with Gasteiger partial charge < -0.3 is 20.4 Å². The molecule has 8 nitrogen and oxygen atoms in total.